The fourth-order valence-corrected chi connectivity index (χ4v) is 10.0. The lowest BCUT2D eigenvalue weighted by atomic mass is 9.69. The van der Waals surface area contributed by atoms with Gasteiger partial charge in [-0.2, -0.15) is 0 Å². The highest BCUT2D eigenvalue weighted by Gasteiger charge is 2.42. The molecule has 0 spiro atoms. The molecule has 2 aromatic heterocycles. The van der Waals surface area contributed by atoms with Gasteiger partial charge in [0.25, 0.3) is 0 Å². The Morgan fingerprint density at radius 2 is 0.870 bits per heavy atom. The summed E-state index contributed by atoms with van der Waals surface area (Å²) in [6.07, 6.45) is 24.2. The first-order chi connectivity index (χ1) is 26.6. The highest BCUT2D eigenvalue weighted by atomic mass is 16.5. The van der Waals surface area contributed by atoms with Gasteiger partial charge in [0.15, 0.2) is 0 Å². The summed E-state index contributed by atoms with van der Waals surface area (Å²) >= 11 is 0. The Bertz CT molecular complexity index is 1510. The lowest BCUT2D eigenvalue weighted by molar-refractivity contribution is -0.0606. The maximum Gasteiger partial charge on any atom is 0.125 e. The summed E-state index contributed by atoms with van der Waals surface area (Å²) in [6.45, 7) is 11.8. The second-order valence-corrected chi connectivity index (χ2v) is 16.3. The van der Waals surface area contributed by atoms with Crippen LogP contribution in [0.1, 0.15) is 113 Å². The predicted molar refractivity (Wildman–Crippen MR) is 214 cm³/mol. The van der Waals surface area contributed by atoms with Crippen LogP contribution in [0.2, 0.25) is 0 Å². The number of benzene rings is 2. The Morgan fingerprint density at radius 3 is 1.17 bits per heavy atom. The van der Waals surface area contributed by atoms with Crippen LogP contribution in [0.5, 0.6) is 11.5 Å². The van der Waals surface area contributed by atoms with Crippen molar-refractivity contribution in [2.45, 2.75) is 129 Å². The minimum atomic E-state index is 0.130. The summed E-state index contributed by atoms with van der Waals surface area (Å²) in [5.41, 5.74) is 5.25. The van der Waals surface area contributed by atoms with Gasteiger partial charge in [-0.3, -0.25) is 0 Å². The molecule has 2 saturated carbocycles. The summed E-state index contributed by atoms with van der Waals surface area (Å²) in [7, 11) is 0. The lowest BCUT2D eigenvalue weighted by Gasteiger charge is -2.44. The van der Waals surface area contributed by atoms with Crippen molar-refractivity contribution >= 4 is 0 Å². The number of hydrogen-bond acceptors (Lipinski definition) is 6. The van der Waals surface area contributed by atoms with Gasteiger partial charge in [0, 0.05) is 50.1 Å². The number of fused-ring (bicyclic) bond motifs is 8. The van der Waals surface area contributed by atoms with Crippen molar-refractivity contribution in [3.8, 4) is 11.5 Å². The van der Waals surface area contributed by atoms with E-state index in [2.05, 4.69) is 95.6 Å². The molecular formula is C46H64N4O4. The van der Waals surface area contributed by atoms with Crippen molar-refractivity contribution in [1.82, 2.24) is 19.1 Å². The van der Waals surface area contributed by atoms with Crippen LogP contribution in [0.25, 0.3) is 0 Å². The van der Waals surface area contributed by atoms with Crippen molar-refractivity contribution in [3.05, 3.63) is 96.1 Å². The van der Waals surface area contributed by atoms with Crippen LogP contribution in [0, 0.1) is 23.7 Å². The number of para-hydroxylation sites is 2. The monoisotopic (exact) mass is 736 g/mol. The zero-order valence-corrected chi connectivity index (χ0v) is 33.3. The van der Waals surface area contributed by atoms with E-state index in [0.29, 0.717) is 49.0 Å². The minimum absolute atomic E-state index is 0.130. The van der Waals surface area contributed by atoms with Crippen LogP contribution in [-0.4, -0.2) is 57.7 Å². The van der Waals surface area contributed by atoms with Gasteiger partial charge in [-0.15, -0.1) is 0 Å². The number of nitrogens with zero attached hydrogens (tertiary/aromatic N) is 4. The van der Waals surface area contributed by atoms with Crippen LogP contribution < -0.4 is 9.47 Å². The quantitative estimate of drug-likeness (QED) is 0.128. The molecule has 3 aliphatic rings. The molecule has 0 saturated heterocycles. The average molecular weight is 737 g/mol. The van der Waals surface area contributed by atoms with E-state index >= 15 is 0 Å². The van der Waals surface area contributed by atoms with E-state index in [1.54, 1.807) is 0 Å². The standard InChI is InChI=1S/C46H64N4O4/c1-5-19-51-43-33-11-9-12-34(43)24-38-28-42(50-18-16-48-32-50)30-40(46(38)54-22-8-4)26-36-14-10-13-35(44(36)52-20-6-2)25-39-29-41(49-17-15-47-31-49)27-37(23-33)45(39)53-21-7-3/h9-18,31-32,37-42,45-46H,5-8,19-30H2,1-4H3. The van der Waals surface area contributed by atoms with Crippen molar-refractivity contribution in [3.63, 3.8) is 0 Å². The molecular weight excluding hydrogens is 673 g/mol. The first-order valence-electron chi connectivity index (χ1n) is 21.2. The van der Waals surface area contributed by atoms with Gasteiger partial charge in [-0.05, 0) is 123 Å². The molecule has 4 aromatic rings. The van der Waals surface area contributed by atoms with E-state index in [1.165, 1.54) is 22.3 Å². The van der Waals surface area contributed by atoms with Gasteiger partial charge in [-0.1, -0.05) is 64.1 Å². The van der Waals surface area contributed by atoms with Gasteiger partial charge in [0.05, 0.1) is 38.1 Å². The van der Waals surface area contributed by atoms with E-state index in [0.717, 1.165) is 102 Å². The molecule has 8 bridgehead atoms. The molecule has 2 heterocycles. The highest BCUT2D eigenvalue weighted by molar-refractivity contribution is 5.44. The first-order valence-corrected chi connectivity index (χ1v) is 21.2. The summed E-state index contributed by atoms with van der Waals surface area (Å²) in [5, 5.41) is 0. The van der Waals surface area contributed by atoms with Crippen molar-refractivity contribution in [2.24, 2.45) is 23.7 Å². The highest BCUT2D eigenvalue weighted by Crippen LogP contribution is 2.47. The van der Waals surface area contributed by atoms with E-state index in [9.17, 15) is 0 Å². The molecule has 7 rings (SSSR count). The third-order valence-corrected chi connectivity index (χ3v) is 12.3. The average Bonchev–Trinajstić information content (AvgIpc) is 3.93. The molecule has 0 N–H and O–H groups in total. The molecule has 54 heavy (non-hydrogen) atoms. The van der Waals surface area contributed by atoms with E-state index in [-0.39, 0.29) is 12.2 Å². The predicted octanol–water partition coefficient (Wildman–Crippen LogP) is 9.67. The number of ether oxygens (including phenoxy) is 4. The Kier molecular flexibility index (Phi) is 13.5. The molecule has 8 nitrogen and oxygen atoms in total. The minimum Gasteiger partial charge on any atom is -0.493 e. The topological polar surface area (TPSA) is 72.6 Å². The van der Waals surface area contributed by atoms with Gasteiger partial charge < -0.3 is 28.1 Å². The summed E-state index contributed by atoms with van der Waals surface area (Å²) < 4.78 is 32.3. The summed E-state index contributed by atoms with van der Waals surface area (Å²) in [6, 6.07) is 14.6. The first kappa shape index (κ1) is 38.6. The molecule has 0 radical (unpaired) electrons. The maximum atomic E-state index is 6.98. The normalized spacial score (nSPS) is 27.0. The number of aromatic nitrogens is 4. The molecule has 4 atom stereocenters. The van der Waals surface area contributed by atoms with Crippen molar-refractivity contribution in [1.29, 1.82) is 0 Å². The second kappa shape index (κ2) is 18.8. The zero-order valence-electron chi connectivity index (χ0n) is 33.3. The van der Waals surface area contributed by atoms with Gasteiger partial charge >= 0.3 is 0 Å². The third kappa shape index (κ3) is 8.91. The fraction of sp³-hybridized carbons (Fsp3) is 0.609. The molecule has 292 valence electrons. The number of rotatable bonds is 14. The number of imidazole rings is 2. The Balaban J connectivity index is 1.38. The SMILES string of the molecule is CCCOc1c2cccc1CC1CC(n3ccnc3)CC(Cc3cccc(c3OCCC)CC3CC(n4ccnc4)CC(C2)C3OCCC)C1OCCC. The smallest absolute Gasteiger partial charge is 0.125 e. The van der Waals surface area contributed by atoms with E-state index in [1.807, 2.05) is 25.0 Å². The Hall–Kier alpha value is -3.62. The molecule has 2 aromatic carbocycles. The second-order valence-electron chi connectivity index (χ2n) is 16.3. The Morgan fingerprint density at radius 1 is 0.519 bits per heavy atom. The van der Waals surface area contributed by atoms with Crippen molar-refractivity contribution in [2.75, 3.05) is 26.4 Å². The summed E-state index contributed by atoms with van der Waals surface area (Å²) in [5.74, 6) is 3.48. The molecule has 2 fully saturated rings. The van der Waals surface area contributed by atoms with Gasteiger partial charge in [0.1, 0.15) is 11.5 Å². The fourth-order valence-electron chi connectivity index (χ4n) is 10.0. The Labute approximate surface area is 324 Å². The van der Waals surface area contributed by atoms with Crippen LogP contribution >= 0.6 is 0 Å². The van der Waals surface area contributed by atoms with E-state index in [4.69, 9.17) is 18.9 Å². The molecule has 3 aliphatic carbocycles. The third-order valence-electron chi connectivity index (χ3n) is 12.3. The van der Waals surface area contributed by atoms with Gasteiger partial charge in [0.2, 0.25) is 0 Å². The molecule has 0 aliphatic heterocycles. The van der Waals surface area contributed by atoms with Crippen LogP contribution in [0.4, 0.5) is 0 Å². The zero-order chi connectivity index (χ0) is 37.3. The van der Waals surface area contributed by atoms with Crippen LogP contribution in [0.15, 0.2) is 73.8 Å². The molecule has 0 amide bonds. The van der Waals surface area contributed by atoms with Crippen LogP contribution in [-0.2, 0) is 35.2 Å². The summed E-state index contributed by atoms with van der Waals surface area (Å²) in [4.78, 5) is 8.98. The lowest BCUT2D eigenvalue weighted by Crippen LogP contribution is -2.43. The number of hydrogen-bond donors (Lipinski definition) is 0. The van der Waals surface area contributed by atoms with Crippen LogP contribution in [0.3, 0.4) is 0 Å². The molecule has 8 heteroatoms. The maximum absolute atomic E-state index is 6.98. The molecule has 4 unspecified atom stereocenters. The largest absolute Gasteiger partial charge is 0.493 e. The van der Waals surface area contributed by atoms with E-state index < -0.39 is 0 Å². The van der Waals surface area contributed by atoms with Gasteiger partial charge in [-0.25, -0.2) is 9.97 Å². The van der Waals surface area contributed by atoms with Crippen molar-refractivity contribution < 1.29 is 18.9 Å².